The number of aliphatic hydroxyl groups excluding tert-OH is 1. The van der Waals surface area contributed by atoms with Gasteiger partial charge in [0.15, 0.2) is 0 Å². The van der Waals surface area contributed by atoms with Gasteiger partial charge in [0.05, 0.1) is 17.9 Å². The van der Waals surface area contributed by atoms with Gasteiger partial charge in [-0.3, -0.25) is 14.6 Å². The number of pyridine rings is 1. The SMILES string of the molecule is CCOc1ccc(C(O)=C2C(=O)C(=O)N(CCN(C)C)[C@@H]2c2ccccn2)cc1. The minimum atomic E-state index is -0.734. The standard InChI is InChI=1S/C22H25N3O4/c1-4-29-16-10-8-15(9-11-16)20(26)18-19(17-7-5-6-12-23-17)25(14-13-24(2)3)22(28)21(18)27/h5-12,19,26H,4,13-14H2,1-3H3/t19-/m1/s1. The molecule has 2 aromatic rings. The third-order valence-electron chi connectivity index (χ3n) is 4.73. The molecule has 1 saturated heterocycles. The molecule has 29 heavy (non-hydrogen) atoms. The van der Waals surface area contributed by atoms with E-state index in [2.05, 4.69) is 4.98 Å². The molecule has 0 aliphatic carbocycles. The van der Waals surface area contributed by atoms with Crippen molar-refractivity contribution < 1.29 is 19.4 Å². The second-order valence-corrected chi connectivity index (χ2v) is 7.01. The molecule has 7 nitrogen and oxygen atoms in total. The summed E-state index contributed by atoms with van der Waals surface area (Å²) in [5, 5.41) is 11.0. The number of carbonyl (C=O) groups is 2. The van der Waals surface area contributed by atoms with Crippen molar-refractivity contribution in [1.29, 1.82) is 0 Å². The first-order valence-corrected chi connectivity index (χ1v) is 9.51. The molecule has 3 rings (SSSR count). The highest BCUT2D eigenvalue weighted by Crippen LogP contribution is 2.38. The van der Waals surface area contributed by atoms with Crippen LogP contribution in [0.4, 0.5) is 0 Å². The molecule has 152 valence electrons. The van der Waals surface area contributed by atoms with E-state index in [-0.39, 0.29) is 11.3 Å². The van der Waals surface area contributed by atoms with Gasteiger partial charge in [-0.1, -0.05) is 6.07 Å². The number of ketones is 1. The van der Waals surface area contributed by atoms with E-state index < -0.39 is 17.7 Å². The molecular weight excluding hydrogens is 370 g/mol. The zero-order valence-electron chi connectivity index (χ0n) is 16.8. The Balaban J connectivity index is 2.07. The lowest BCUT2D eigenvalue weighted by atomic mass is 9.98. The largest absolute Gasteiger partial charge is 0.507 e. The molecular formula is C22H25N3O4. The van der Waals surface area contributed by atoms with Gasteiger partial charge in [0.25, 0.3) is 11.7 Å². The average molecular weight is 395 g/mol. The van der Waals surface area contributed by atoms with Crippen molar-refractivity contribution in [2.45, 2.75) is 13.0 Å². The van der Waals surface area contributed by atoms with Crippen LogP contribution >= 0.6 is 0 Å². The molecule has 1 aromatic heterocycles. The molecule has 0 unspecified atom stereocenters. The summed E-state index contributed by atoms with van der Waals surface area (Å²) in [5.74, 6) is -0.882. The summed E-state index contributed by atoms with van der Waals surface area (Å²) in [6.45, 7) is 3.34. The van der Waals surface area contributed by atoms with Gasteiger partial charge in [-0.25, -0.2) is 0 Å². The lowest BCUT2D eigenvalue weighted by Crippen LogP contribution is -2.35. The fraction of sp³-hybridized carbons (Fsp3) is 0.318. The predicted octanol–water partition coefficient (Wildman–Crippen LogP) is 2.46. The first kappa shape index (κ1) is 20.5. The van der Waals surface area contributed by atoms with Gasteiger partial charge in [0.1, 0.15) is 17.6 Å². The molecule has 1 N–H and O–H groups in total. The number of hydrogen-bond acceptors (Lipinski definition) is 6. The van der Waals surface area contributed by atoms with Crippen LogP contribution in [0.5, 0.6) is 5.75 Å². The Morgan fingerprint density at radius 1 is 1.17 bits per heavy atom. The van der Waals surface area contributed by atoms with E-state index >= 15 is 0 Å². The number of amides is 1. The third kappa shape index (κ3) is 4.30. The summed E-state index contributed by atoms with van der Waals surface area (Å²) < 4.78 is 5.42. The minimum absolute atomic E-state index is 0.0524. The van der Waals surface area contributed by atoms with Gasteiger partial charge < -0.3 is 19.6 Å². The minimum Gasteiger partial charge on any atom is -0.507 e. The fourth-order valence-electron chi connectivity index (χ4n) is 3.29. The van der Waals surface area contributed by atoms with E-state index in [0.29, 0.717) is 36.7 Å². The van der Waals surface area contributed by atoms with Crippen molar-refractivity contribution in [3.8, 4) is 5.75 Å². The maximum absolute atomic E-state index is 12.9. The van der Waals surface area contributed by atoms with Gasteiger partial charge >= 0.3 is 0 Å². The van der Waals surface area contributed by atoms with Crippen molar-refractivity contribution in [3.05, 3.63) is 65.5 Å². The number of carbonyl (C=O) groups excluding carboxylic acids is 2. The average Bonchev–Trinajstić information content (AvgIpc) is 2.98. The summed E-state index contributed by atoms with van der Waals surface area (Å²) in [6, 6.07) is 11.4. The second kappa shape index (κ2) is 8.87. The third-order valence-corrected chi connectivity index (χ3v) is 4.73. The van der Waals surface area contributed by atoms with Crippen molar-refractivity contribution in [1.82, 2.24) is 14.8 Å². The Bertz CT molecular complexity index is 907. The van der Waals surface area contributed by atoms with Crippen molar-refractivity contribution in [2.75, 3.05) is 33.8 Å². The van der Waals surface area contributed by atoms with Crippen LogP contribution in [-0.2, 0) is 9.59 Å². The summed E-state index contributed by atoms with van der Waals surface area (Å²) >= 11 is 0. The number of aliphatic hydroxyl groups is 1. The number of aromatic nitrogens is 1. The molecule has 0 saturated carbocycles. The van der Waals surface area contributed by atoms with E-state index in [1.165, 1.54) is 4.90 Å². The number of Topliss-reactive ketones (excluding diaryl/α,β-unsaturated/α-hetero) is 1. The van der Waals surface area contributed by atoms with Crippen LogP contribution in [0.3, 0.4) is 0 Å². The van der Waals surface area contributed by atoms with Crippen LogP contribution in [0.1, 0.15) is 24.2 Å². The fourth-order valence-corrected chi connectivity index (χ4v) is 3.29. The highest BCUT2D eigenvalue weighted by molar-refractivity contribution is 6.46. The van der Waals surface area contributed by atoms with E-state index in [9.17, 15) is 14.7 Å². The van der Waals surface area contributed by atoms with E-state index in [4.69, 9.17) is 4.74 Å². The lowest BCUT2D eigenvalue weighted by Gasteiger charge is -2.25. The molecule has 1 amide bonds. The van der Waals surface area contributed by atoms with Gasteiger partial charge in [0.2, 0.25) is 0 Å². The second-order valence-electron chi connectivity index (χ2n) is 7.01. The molecule has 7 heteroatoms. The Kier molecular flexibility index (Phi) is 6.29. The van der Waals surface area contributed by atoms with Crippen molar-refractivity contribution in [2.24, 2.45) is 0 Å². The summed E-state index contributed by atoms with van der Waals surface area (Å²) in [7, 11) is 3.79. The Morgan fingerprint density at radius 3 is 2.48 bits per heavy atom. The number of ether oxygens (including phenoxy) is 1. The van der Waals surface area contributed by atoms with Crippen LogP contribution in [-0.4, -0.2) is 65.4 Å². The monoisotopic (exact) mass is 395 g/mol. The molecule has 2 heterocycles. The number of rotatable bonds is 7. The molecule has 1 aliphatic rings. The van der Waals surface area contributed by atoms with Gasteiger partial charge in [-0.05, 0) is 57.4 Å². The van der Waals surface area contributed by atoms with E-state index in [0.717, 1.165) is 0 Å². The Labute approximate surface area is 170 Å². The predicted molar refractivity (Wildman–Crippen MR) is 109 cm³/mol. The number of benzene rings is 1. The van der Waals surface area contributed by atoms with Crippen molar-refractivity contribution >= 4 is 17.4 Å². The number of likely N-dealkylation sites (N-methyl/N-ethyl adjacent to an activating group) is 1. The number of hydrogen-bond donors (Lipinski definition) is 1. The van der Waals surface area contributed by atoms with Gasteiger partial charge in [-0.15, -0.1) is 0 Å². The van der Waals surface area contributed by atoms with Crippen molar-refractivity contribution in [3.63, 3.8) is 0 Å². The smallest absolute Gasteiger partial charge is 0.295 e. The number of nitrogens with zero attached hydrogens (tertiary/aromatic N) is 3. The van der Waals surface area contributed by atoms with E-state index in [1.807, 2.05) is 25.9 Å². The molecule has 1 aliphatic heterocycles. The Hall–Kier alpha value is -3.19. The molecule has 1 atom stereocenters. The molecule has 0 bridgehead atoms. The van der Waals surface area contributed by atoms with Crippen LogP contribution < -0.4 is 4.74 Å². The van der Waals surface area contributed by atoms with Crippen LogP contribution in [0.2, 0.25) is 0 Å². The topological polar surface area (TPSA) is 83.0 Å². The normalized spacial score (nSPS) is 18.5. The van der Waals surface area contributed by atoms with Gasteiger partial charge in [0, 0.05) is 24.8 Å². The molecule has 1 fully saturated rings. The molecule has 0 radical (unpaired) electrons. The maximum atomic E-state index is 12.9. The lowest BCUT2D eigenvalue weighted by molar-refractivity contribution is -0.140. The summed E-state index contributed by atoms with van der Waals surface area (Å²) in [6.07, 6.45) is 1.61. The first-order chi connectivity index (χ1) is 13.9. The summed E-state index contributed by atoms with van der Waals surface area (Å²) in [5.41, 5.74) is 1.04. The molecule has 0 spiro atoms. The quantitative estimate of drug-likeness (QED) is 0.441. The zero-order valence-corrected chi connectivity index (χ0v) is 16.8. The zero-order chi connectivity index (χ0) is 21.0. The first-order valence-electron chi connectivity index (χ1n) is 9.51. The van der Waals surface area contributed by atoms with Crippen LogP contribution in [0.25, 0.3) is 5.76 Å². The summed E-state index contributed by atoms with van der Waals surface area (Å²) in [4.78, 5) is 33.4. The highest BCUT2D eigenvalue weighted by Gasteiger charge is 2.46. The number of likely N-dealkylation sites (tertiary alicyclic amines) is 1. The van der Waals surface area contributed by atoms with E-state index in [1.54, 1.807) is 48.7 Å². The molecule has 1 aromatic carbocycles. The van der Waals surface area contributed by atoms with Crippen LogP contribution in [0, 0.1) is 0 Å². The maximum Gasteiger partial charge on any atom is 0.295 e. The highest BCUT2D eigenvalue weighted by atomic mass is 16.5. The van der Waals surface area contributed by atoms with Gasteiger partial charge in [-0.2, -0.15) is 0 Å². The van der Waals surface area contributed by atoms with Crippen LogP contribution in [0.15, 0.2) is 54.2 Å². The Morgan fingerprint density at radius 2 is 1.90 bits per heavy atom.